The molecule has 0 radical (unpaired) electrons. The van der Waals surface area contributed by atoms with E-state index in [0.717, 1.165) is 42.5 Å². The lowest BCUT2D eigenvalue weighted by Crippen LogP contribution is -2.48. The summed E-state index contributed by atoms with van der Waals surface area (Å²) in [4.78, 5) is 30.3. The number of rotatable bonds is 5. The quantitative estimate of drug-likeness (QED) is 0.760. The average molecular weight is 405 g/mol. The summed E-state index contributed by atoms with van der Waals surface area (Å²) >= 11 is 5.27. The summed E-state index contributed by atoms with van der Waals surface area (Å²) in [5.41, 5.74) is 1.92. The van der Waals surface area contributed by atoms with Crippen LogP contribution in [0.15, 0.2) is 24.3 Å². The lowest BCUT2D eigenvalue weighted by molar-refractivity contribution is -0.129. The minimum absolute atomic E-state index is 0.126. The number of thiocarbonyl (C=S) groups is 1. The van der Waals surface area contributed by atoms with Gasteiger partial charge in [0.25, 0.3) is 0 Å². The maximum atomic E-state index is 12.2. The minimum Gasteiger partial charge on any atom is -0.442 e. The van der Waals surface area contributed by atoms with E-state index < -0.39 is 0 Å². The fourth-order valence-corrected chi connectivity index (χ4v) is 3.46. The Hall–Kier alpha value is -2.35. The summed E-state index contributed by atoms with van der Waals surface area (Å²) in [5, 5.41) is 3.17. The van der Waals surface area contributed by atoms with E-state index in [4.69, 9.17) is 17.0 Å². The van der Waals surface area contributed by atoms with Crippen molar-refractivity contribution in [2.75, 3.05) is 49.1 Å². The maximum absolute atomic E-state index is 12.2. The molecule has 1 aromatic carbocycles. The fourth-order valence-electron chi connectivity index (χ4n) is 3.38. The standard InChI is InChI=1S/C20H28N4O3S/c1-14(2)19(28)21-12-18-13-24(20(26)27-18)17-6-4-16(5-7-17)23-10-8-22(9-11-23)15(3)25/h4-7,14,18H,8-13H2,1-3H3,(H,21,28)/t18-/m0/s1. The first-order valence-electron chi connectivity index (χ1n) is 9.71. The van der Waals surface area contributed by atoms with Crippen LogP contribution in [0.25, 0.3) is 0 Å². The van der Waals surface area contributed by atoms with Gasteiger partial charge in [-0.1, -0.05) is 26.1 Å². The minimum atomic E-state index is -0.329. The smallest absolute Gasteiger partial charge is 0.414 e. The number of carbonyl (C=O) groups excluding carboxylic acids is 2. The Bertz CT molecular complexity index is 729. The van der Waals surface area contributed by atoms with E-state index in [1.807, 2.05) is 43.0 Å². The molecule has 2 aliphatic rings. The Kier molecular flexibility index (Phi) is 6.39. The van der Waals surface area contributed by atoms with Crippen LogP contribution in [-0.2, 0) is 9.53 Å². The summed E-state index contributed by atoms with van der Waals surface area (Å²) in [6, 6.07) is 7.93. The molecule has 2 aliphatic heterocycles. The highest BCUT2D eigenvalue weighted by atomic mass is 32.1. The van der Waals surface area contributed by atoms with E-state index in [2.05, 4.69) is 10.2 Å². The molecule has 0 bridgehead atoms. The van der Waals surface area contributed by atoms with Gasteiger partial charge in [-0.25, -0.2) is 4.79 Å². The van der Waals surface area contributed by atoms with Gasteiger partial charge in [-0.15, -0.1) is 0 Å². The van der Waals surface area contributed by atoms with Crippen molar-refractivity contribution >= 4 is 40.6 Å². The van der Waals surface area contributed by atoms with Gasteiger partial charge in [0.15, 0.2) is 0 Å². The molecule has 0 aliphatic carbocycles. The lowest BCUT2D eigenvalue weighted by atomic mass is 10.2. The Balaban J connectivity index is 1.55. The molecule has 1 N–H and O–H groups in total. The normalized spacial score (nSPS) is 19.8. The van der Waals surface area contributed by atoms with Crippen molar-refractivity contribution in [2.24, 2.45) is 5.92 Å². The second-order valence-electron chi connectivity index (χ2n) is 7.53. The van der Waals surface area contributed by atoms with Crippen molar-refractivity contribution in [1.29, 1.82) is 0 Å². The van der Waals surface area contributed by atoms with Crippen molar-refractivity contribution in [3.63, 3.8) is 0 Å². The number of amides is 2. The number of benzene rings is 1. The van der Waals surface area contributed by atoms with E-state index >= 15 is 0 Å². The number of hydrogen-bond acceptors (Lipinski definition) is 5. The van der Waals surface area contributed by atoms with Crippen LogP contribution in [0, 0.1) is 5.92 Å². The number of carbonyl (C=O) groups is 2. The van der Waals surface area contributed by atoms with E-state index in [-0.39, 0.29) is 24.0 Å². The van der Waals surface area contributed by atoms with Gasteiger partial charge in [-0.2, -0.15) is 0 Å². The van der Waals surface area contributed by atoms with Crippen LogP contribution in [0.3, 0.4) is 0 Å². The van der Waals surface area contributed by atoms with Gasteiger partial charge >= 0.3 is 6.09 Å². The first-order valence-corrected chi connectivity index (χ1v) is 10.1. The summed E-state index contributed by atoms with van der Waals surface area (Å²) in [6.45, 7) is 9.81. The van der Waals surface area contributed by atoms with Crippen LogP contribution in [0.2, 0.25) is 0 Å². The number of hydrogen-bond donors (Lipinski definition) is 1. The summed E-state index contributed by atoms with van der Waals surface area (Å²) in [7, 11) is 0. The zero-order valence-electron chi connectivity index (χ0n) is 16.7. The molecule has 0 aromatic heterocycles. The van der Waals surface area contributed by atoms with E-state index in [1.54, 1.807) is 11.8 Å². The Morgan fingerprint density at radius 1 is 1.18 bits per heavy atom. The van der Waals surface area contributed by atoms with Crippen LogP contribution in [0.5, 0.6) is 0 Å². The van der Waals surface area contributed by atoms with E-state index in [9.17, 15) is 9.59 Å². The van der Waals surface area contributed by atoms with Gasteiger partial charge in [0, 0.05) is 50.4 Å². The van der Waals surface area contributed by atoms with E-state index in [0.29, 0.717) is 13.1 Å². The molecular formula is C20H28N4O3S. The Morgan fingerprint density at radius 2 is 1.79 bits per heavy atom. The summed E-state index contributed by atoms with van der Waals surface area (Å²) < 4.78 is 5.46. The van der Waals surface area contributed by atoms with Crippen LogP contribution in [0.1, 0.15) is 20.8 Å². The van der Waals surface area contributed by atoms with Crippen LogP contribution in [-0.4, -0.2) is 67.3 Å². The predicted octanol–water partition coefficient (Wildman–Crippen LogP) is 2.25. The number of nitrogens with one attached hydrogen (secondary N) is 1. The third kappa shape index (κ3) is 4.73. The number of anilines is 2. The van der Waals surface area contributed by atoms with Gasteiger partial charge in [0.2, 0.25) is 5.91 Å². The first-order chi connectivity index (χ1) is 13.3. The molecule has 28 heavy (non-hydrogen) atoms. The molecule has 0 unspecified atom stereocenters. The van der Waals surface area contributed by atoms with Crippen LogP contribution >= 0.6 is 12.2 Å². The maximum Gasteiger partial charge on any atom is 0.414 e. The molecule has 3 rings (SSSR count). The topological polar surface area (TPSA) is 65.1 Å². The lowest BCUT2D eigenvalue weighted by Gasteiger charge is -2.35. The summed E-state index contributed by atoms with van der Waals surface area (Å²) in [5.74, 6) is 0.397. The SMILES string of the molecule is CC(=O)N1CCN(c2ccc(N3C[C@H](CNC(=S)C(C)C)OC3=O)cc2)CC1. The number of cyclic esters (lactones) is 1. The van der Waals surface area contributed by atoms with Crippen molar-refractivity contribution in [1.82, 2.24) is 10.2 Å². The molecular weight excluding hydrogens is 376 g/mol. The zero-order valence-corrected chi connectivity index (χ0v) is 17.5. The highest BCUT2D eigenvalue weighted by molar-refractivity contribution is 7.80. The van der Waals surface area contributed by atoms with Gasteiger partial charge in [0.1, 0.15) is 6.10 Å². The Labute approximate surface area is 171 Å². The largest absolute Gasteiger partial charge is 0.442 e. The molecule has 1 aromatic rings. The van der Waals surface area contributed by atoms with Crippen molar-refractivity contribution in [3.05, 3.63) is 24.3 Å². The van der Waals surface area contributed by atoms with Crippen molar-refractivity contribution < 1.29 is 14.3 Å². The van der Waals surface area contributed by atoms with Crippen LogP contribution in [0.4, 0.5) is 16.2 Å². The second-order valence-corrected chi connectivity index (χ2v) is 7.97. The molecule has 2 amide bonds. The van der Waals surface area contributed by atoms with Gasteiger partial charge in [-0.05, 0) is 24.3 Å². The molecule has 2 heterocycles. The molecule has 8 heteroatoms. The van der Waals surface area contributed by atoms with Gasteiger partial charge in [-0.3, -0.25) is 9.69 Å². The second kappa shape index (κ2) is 8.77. The van der Waals surface area contributed by atoms with Crippen molar-refractivity contribution in [3.8, 4) is 0 Å². The molecule has 0 saturated carbocycles. The molecule has 152 valence electrons. The fraction of sp³-hybridized carbons (Fsp3) is 0.550. The third-order valence-corrected chi connectivity index (χ3v) is 5.77. The molecule has 1 atom stereocenters. The third-order valence-electron chi connectivity index (χ3n) is 5.15. The van der Waals surface area contributed by atoms with E-state index in [1.165, 1.54) is 0 Å². The molecule has 7 nitrogen and oxygen atoms in total. The number of nitrogens with zero attached hydrogens (tertiary/aromatic N) is 3. The molecule has 0 spiro atoms. The zero-order chi connectivity index (χ0) is 20.3. The first kappa shape index (κ1) is 20.4. The van der Waals surface area contributed by atoms with Gasteiger partial charge in [0.05, 0.1) is 18.1 Å². The summed E-state index contributed by atoms with van der Waals surface area (Å²) in [6.07, 6.45) is -0.548. The van der Waals surface area contributed by atoms with Crippen LogP contribution < -0.4 is 15.1 Å². The number of piperazine rings is 1. The predicted molar refractivity (Wildman–Crippen MR) is 114 cm³/mol. The monoisotopic (exact) mass is 404 g/mol. The average Bonchev–Trinajstić information content (AvgIpc) is 3.06. The number of ether oxygens (including phenoxy) is 1. The van der Waals surface area contributed by atoms with Gasteiger partial charge < -0.3 is 19.9 Å². The molecule has 2 fully saturated rings. The highest BCUT2D eigenvalue weighted by Gasteiger charge is 2.32. The molecule has 2 saturated heterocycles. The van der Waals surface area contributed by atoms with Crippen molar-refractivity contribution in [2.45, 2.75) is 26.9 Å². The Morgan fingerprint density at radius 3 is 2.36 bits per heavy atom. The highest BCUT2D eigenvalue weighted by Crippen LogP contribution is 2.25.